The number of halogens is 3. The van der Waals surface area contributed by atoms with Crippen LogP contribution in [0.3, 0.4) is 0 Å². The average Bonchev–Trinajstić information content (AvgIpc) is 3.40. The maximum atomic E-state index is 13.1. The lowest BCUT2D eigenvalue weighted by molar-refractivity contribution is -0.274. The highest BCUT2D eigenvalue weighted by Crippen LogP contribution is 2.28. The van der Waals surface area contributed by atoms with Crippen LogP contribution >= 0.6 is 0 Å². The highest BCUT2D eigenvalue weighted by Gasteiger charge is 2.32. The minimum absolute atomic E-state index is 0.0197. The van der Waals surface area contributed by atoms with E-state index in [-0.39, 0.29) is 17.7 Å². The Labute approximate surface area is 185 Å². The van der Waals surface area contributed by atoms with E-state index in [0.29, 0.717) is 24.2 Å². The van der Waals surface area contributed by atoms with Crippen molar-refractivity contribution >= 4 is 5.91 Å². The summed E-state index contributed by atoms with van der Waals surface area (Å²) in [4.78, 5) is 15.0. The van der Waals surface area contributed by atoms with Crippen molar-refractivity contribution in [1.29, 1.82) is 0 Å². The van der Waals surface area contributed by atoms with E-state index in [0.717, 1.165) is 63.0 Å². The van der Waals surface area contributed by atoms with E-state index in [9.17, 15) is 18.0 Å². The van der Waals surface area contributed by atoms with Crippen molar-refractivity contribution in [2.75, 3.05) is 13.1 Å². The van der Waals surface area contributed by atoms with Crippen LogP contribution in [0.25, 0.3) is 0 Å². The lowest BCUT2D eigenvalue weighted by Crippen LogP contribution is -2.35. The number of benzene rings is 1. The van der Waals surface area contributed by atoms with Gasteiger partial charge in [-0.15, -0.1) is 13.2 Å². The number of ether oxygens (including phenoxy) is 1. The van der Waals surface area contributed by atoms with E-state index >= 15 is 0 Å². The van der Waals surface area contributed by atoms with Crippen molar-refractivity contribution in [2.24, 2.45) is 0 Å². The molecular formula is C23H29F3N4O2. The number of fused-ring (bicyclic) bond motifs is 1. The number of aromatic nitrogens is 2. The number of nitrogens with zero attached hydrogens (tertiary/aromatic N) is 3. The third-order valence-electron chi connectivity index (χ3n) is 6.10. The number of nitrogens with one attached hydrogen (secondary N) is 1. The van der Waals surface area contributed by atoms with Gasteiger partial charge in [0.2, 0.25) is 0 Å². The molecule has 2 heterocycles. The van der Waals surface area contributed by atoms with Crippen molar-refractivity contribution in [2.45, 2.75) is 70.9 Å². The number of carbonyl (C=O) groups is 1. The molecule has 4 rings (SSSR count). The van der Waals surface area contributed by atoms with E-state index in [1.807, 2.05) is 9.58 Å². The summed E-state index contributed by atoms with van der Waals surface area (Å²) in [5, 5.41) is 8.15. The number of amides is 1. The molecule has 0 spiro atoms. The maximum absolute atomic E-state index is 13.1. The first kappa shape index (κ1) is 22.6. The number of alkyl halides is 3. The first-order valence-corrected chi connectivity index (χ1v) is 11.3. The fourth-order valence-corrected chi connectivity index (χ4v) is 4.62. The fourth-order valence-electron chi connectivity index (χ4n) is 4.62. The molecule has 1 atom stereocenters. The SMILES string of the molecule is CCCn1nc(C(=O)N2CCCC2)c2c1CCC(NCc1cccc(OC(F)(F)F)c1)C2. The zero-order valence-corrected chi connectivity index (χ0v) is 18.2. The van der Waals surface area contributed by atoms with Crippen LogP contribution in [-0.4, -0.2) is 46.1 Å². The molecule has 2 aliphatic rings. The number of rotatable bonds is 7. The lowest BCUT2D eigenvalue weighted by atomic mass is 9.91. The quantitative estimate of drug-likeness (QED) is 0.691. The van der Waals surface area contributed by atoms with Crippen molar-refractivity contribution in [3.63, 3.8) is 0 Å². The molecule has 0 bridgehead atoms. The van der Waals surface area contributed by atoms with Crippen LogP contribution in [0.2, 0.25) is 0 Å². The van der Waals surface area contributed by atoms with Crippen LogP contribution in [-0.2, 0) is 25.9 Å². The molecule has 1 amide bonds. The molecule has 0 radical (unpaired) electrons. The topological polar surface area (TPSA) is 59.4 Å². The van der Waals surface area contributed by atoms with Gasteiger partial charge in [-0.1, -0.05) is 19.1 Å². The minimum atomic E-state index is -4.71. The predicted octanol–water partition coefficient (Wildman–Crippen LogP) is 4.07. The van der Waals surface area contributed by atoms with Crippen LogP contribution in [0.1, 0.15) is 59.9 Å². The Hall–Kier alpha value is -2.55. The molecule has 9 heteroatoms. The van der Waals surface area contributed by atoms with Crippen molar-refractivity contribution < 1.29 is 22.7 Å². The van der Waals surface area contributed by atoms with Crippen LogP contribution in [0.15, 0.2) is 24.3 Å². The molecule has 1 aromatic heterocycles. The average molecular weight is 451 g/mol. The van der Waals surface area contributed by atoms with Gasteiger partial charge in [0, 0.05) is 43.5 Å². The van der Waals surface area contributed by atoms with Gasteiger partial charge < -0.3 is 15.0 Å². The van der Waals surface area contributed by atoms with Crippen molar-refractivity contribution in [3.05, 3.63) is 46.8 Å². The van der Waals surface area contributed by atoms with E-state index in [1.54, 1.807) is 12.1 Å². The summed E-state index contributed by atoms with van der Waals surface area (Å²) in [6, 6.07) is 6.14. The molecule has 0 saturated carbocycles. The zero-order chi connectivity index (χ0) is 22.7. The number of likely N-dealkylation sites (tertiary alicyclic amines) is 1. The second-order valence-corrected chi connectivity index (χ2v) is 8.51. The molecule has 1 N–H and O–H groups in total. The molecule has 1 unspecified atom stereocenters. The Kier molecular flexibility index (Phi) is 6.74. The maximum Gasteiger partial charge on any atom is 0.573 e. The lowest BCUT2D eigenvalue weighted by Gasteiger charge is -2.25. The second kappa shape index (κ2) is 9.52. The molecule has 6 nitrogen and oxygen atoms in total. The van der Waals surface area contributed by atoms with Crippen LogP contribution in [0.5, 0.6) is 5.75 Å². The van der Waals surface area contributed by atoms with Gasteiger partial charge in [0.15, 0.2) is 5.69 Å². The molecule has 174 valence electrons. The first-order chi connectivity index (χ1) is 15.3. The molecule has 1 saturated heterocycles. The van der Waals surface area contributed by atoms with Gasteiger partial charge >= 0.3 is 6.36 Å². The standard InChI is InChI=1S/C23H29F3N4O2/c1-2-10-30-20-9-8-17(14-19(20)21(28-30)22(31)29-11-3-4-12-29)27-15-16-6-5-7-18(13-16)32-23(24,25)26/h5-7,13,17,27H,2-4,8-12,14-15H2,1H3. The van der Waals surface area contributed by atoms with Crippen LogP contribution < -0.4 is 10.1 Å². The molecule has 2 aromatic rings. The van der Waals surface area contributed by atoms with Crippen molar-refractivity contribution in [1.82, 2.24) is 20.0 Å². The highest BCUT2D eigenvalue weighted by molar-refractivity contribution is 5.94. The predicted molar refractivity (Wildman–Crippen MR) is 113 cm³/mol. The third-order valence-corrected chi connectivity index (χ3v) is 6.10. The summed E-state index contributed by atoms with van der Waals surface area (Å²) in [5.41, 5.74) is 3.45. The van der Waals surface area contributed by atoms with Crippen molar-refractivity contribution in [3.8, 4) is 5.75 Å². The van der Waals surface area contributed by atoms with Gasteiger partial charge in [-0.25, -0.2) is 0 Å². The summed E-state index contributed by atoms with van der Waals surface area (Å²) in [6.45, 7) is 4.88. The summed E-state index contributed by atoms with van der Waals surface area (Å²) in [7, 11) is 0. The number of hydrogen-bond donors (Lipinski definition) is 1. The monoisotopic (exact) mass is 450 g/mol. The Morgan fingerprint density at radius 1 is 1.28 bits per heavy atom. The van der Waals surface area contributed by atoms with E-state index < -0.39 is 6.36 Å². The van der Waals surface area contributed by atoms with Crippen LogP contribution in [0.4, 0.5) is 13.2 Å². The van der Waals surface area contributed by atoms with E-state index in [2.05, 4.69) is 17.0 Å². The number of aryl methyl sites for hydroxylation is 1. The number of carbonyl (C=O) groups excluding carboxylic acids is 1. The summed E-state index contributed by atoms with van der Waals surface area (Å²) in [6.07, 6.45) is 0.706. The summed E-state index contributed by atoms with van der Waals surface area (Å²) in [5.74, 6) is -0.201. The first-order valence-electron chi connectivity index (χ1n) is 11.3. The Bertz CT molecular complexity index is 951. The fraction of sp³-hybridized carbons (Fsp3) is 0.565. The Morgan fingerprint density at radius 2 is 2.06 bits per heavy atom. The van der Waals surface area contributed by atoms with E-state index in [4.69, 9.17) is 5.10 Å². The molecule has 1 fully saturated rings. The Balaban J connectivity index is 1.46. The summed E-state index contributed by atoms with van der Waals surface area (Å²) < 4.78 is 43.5. The molecule has 32 heavy (non-hydrogen) atoms. The minimum Gasteiger partial charge on any atom is -0.406 e. The van der Waals surface area contributed by atoms with Gasteiger partial charge in [-0.05, 0) is 56.2 Å². The molecule has 1 aromatic carbocycles. The molecular weight excluding hydrogens is 421 g/mol. The van der Waals surface area contributed by atoms with E-state index in [1.165, 1.54) is 12.1 Å². The van der Waals surface area contributed by atoms with Gasteiger partial charge in [-0.3, -0.25) is 9.48 Å². The molecule has 1 aliphatic heterocycles. The van der Waals surface area contributed by atoms with Crippen LogP contribution in [0, 0.1) is 0 Å². The number of hydrogen-bond acceptors (Lipinski definition) is 4. The largest absolute Gasteiger partial charge is 0.573 e. The molecule has 1 aliphatic carbocycles. The third kappa shape index (κ3) is 5.26. The Morgan fingerprint density at radius 3 is 2.78 bits per heavy atom. The van der Waals surface area contributed by atoms with Gasteiger partial charge in [-0.2, -0.15) is 5.10 Å². The smallest absolute Gasteiger partial charge is 0.406 e. The second-order valence-electron chi connectivity index (χ2n) is 8.51. The highest BCUT2D eigenvalue weighted by atomic mass is 19.4. The normalized spacial score (nSPS) is 18.6. The summed E-state index contributed by atoms with van der Waals surface area (Å²) >= 11 is 0. The van der Waals surface area contributed by atoms with Gasteiger partial charge in [0.05, 0.1) is 0 Å². The van der Waals surface area contributed by atoms with Gasteiger partial charge in [0.25, 0.3) is 5.91 Å². The zero-order valence-electron chi connectivity index (χ0n) is 18.2. The van der Waals surface area contributed by atoms with Gasteiger partial charge in [0.1, 0.15) is 5.75 Å².